The van der Waals surface area contributed by atoms with E-state index in [4.69, 9.17) is 16.3 Å². The molecule has 1 aromatic rings. The van der Waals surface area contributed by atoms with Crippen molar-refractivity contribution in [3.63, 3.8) is 0 Å². The molecular formula is C17H26ClNO2. The van der Waals surface area contributed by atoms with Gasteiger partial charge in [-0.1, -0.05) is 31.0 Å². The zero-order valence-corrected chi connectivity index (χ0v) is 13.7. The van der Waals surface area contributed by atoms with Gasteiger partial charge < -0.3 is 15.2 Å². The van der Waals surface area contributed by atoms with E-state index in [1.54, 1.807) is 7.11 Å². The van der Waals surface area contributed by atoms with Gasteiger partial charge in [0.05, 0.1) is 17.7 Å². The largest absolute Gasteiger partial charge is 0.495 e. The highest BCUT2D eigenvalue weighted by Gasteiger charge is 2.31. The van der Waals surface area contributed by atoms with Crippen LogP contribution in [0.1, 0.15) is 44.6 Å². The third-order valence-electron chi connectivity index (χ3n) is 4.61. The van der Waals surface area contributed by atoms with Crippen molar-refractivity contribution in [2.75, 3.05) is 13.7 Å². The van der Waals surface area contributed by atoms with E-state index in [-0.39, 0.29) is 0 Å². The summed E-state index contributed by atoms with van der Waals surface area (Å²) in [6.45, 7) is 3.59. The third kappa shape index (κ3) is 4.60. The first-order valence-electron chi connectivity index (χ1n) is 7.82. The molecule has 0 saturated heterocycles. The van der Waals surface area contributed by atoms with Crippen molar-refractivity contribution in [3.05, 3.63) is 28.8 Å². The molecule has 0 heterocycles. The molecular weight excluding hydrogens is 286 g/mol. The highest BCUT2D eigenvalue weighted by Crippen LogP contribution is 2.33. The Morgan fingerprint density at radius 1 is 1.38 bits per heavy atom. The summed E-state index contributed by atoms with van der Waals surface area (Å²) in [6, 6.07) is 5.78. The lowest BCUT2D eigenvalue weighted by atomic mass is 9.78. The van der Waals surface area contributed by atoms with Crippen LogP contribution in [0, 0.1) is 5.92 Å². The molecule has 4 heteroatoms. The number of rotatable bonds is 6. The van der Waals surface area contributed by atoms with Gasteiger partial charge in [-0.3, -0.25) is 0 Å². The Bertz CT molecular complexity index is 456. The van der Waals surface area contributed by atoms with Crippen molar-refractivity contribution >= 4 is 11.6 Å². The number of benzene rings is 1. The number of hydrogen-bond acceptors (Lipinski definition) is 3. The van der Waals surface area contributed by atoms with Gasteiger partial charge >= 0.3 is 0 Å². The molecule has 0 aromatic heterocycles. The second-order valence-corrected chi connectivity index (χ2v) is 6.56. The van der Waals surface area contributed by atoms with E-state index in [1.165, 1.54) is 6.42 Å². The molecule has 21 heavy (non-hydrogen) atoms. The number of aliphatic hydroxyl groups is 1. The van der Waals surface area contributed by atoms with E-state index in [1.807, 2.05) is 18.2 Å². The molecule has 1 fully saturated rings. The van der Waals surface area contributed by atoms with E-state index in [9.17, 15) is 5.11 Å². The minimum Gasteiger partial charge on any atom is -0.495 e. The van der Waals surface area contributed by atoms with Gasteiger partial charge in [0, 0.05) is 13.1 Å². The minimum absolute atomic E-state index is 0.540. The maximum Gasteiger partial charge on any atom is 0.137 e. The highest BCUT2D eigenvalue weighted by molar-refractivity contribution is 6.32. The molecule has 3 nitrogen and oxygen atoms in total. The maximum absolute atomic E-state index is 10.6. The molecule has 1 aliphatic rings. The number of halogens is 1. The Morgan fingerprint density at radius 3 is 2.67 bits per heavy atom. The molecule has 0 unspecified atom stereocenters. The van der Waals surface area contributed by atoms with Crippen molar-refractivity contribution in [3.8, 4) is 5.75 Å². The first-order valence-corrected chi connectivity index (χ1v) is 8.19. The second-order valence-electron chi connectivity index (χ2n) is 6.15. The number of ether oxygens (including phenoxy) is 1. The van der Waals surface area contributed by atoms with Crippen LogP contribution in [0.15, 0.2) is 18.2 Å². The van der Waals surface area contributed by atoms with Gasteiger partial charge in [0.25, 0.3) is 0 Å². The van der Waals surface area contributed by atoms with Crippen molar-refractivity contribution in [1.82, 2.24) is 5.32 Å². The van der Waals surface area contributed by atoms with Crippen LogP contribution < -0.4 is 10.1 Å². The average molecular weight is 312 g/mol. The molecule has 1 aliphatic carbocycles. The standard InChI is InChI=1S/C17H26ClNO2/c1-3-13-6-8-17(20,9-7-13)12-19-11-14-4-5-16(21-2)15(18)10-14/h4-5,10,13,19-20H,3,6-9,11-12H2,1-2H3. The topological polar surface area (TPSA) is 41.5 Å². The molecule has 1 aromatic carbocycles. The van der Waals surface area contributed by atoms with E-state index >= 15 is 0 Å². The highest BCUT2D eigenvalue weighted by atomic mass is 35.5. The molecule has 0 aliphatic heterocycles. The van der Waals surface area contributed by atoms with Crippen LogP contribution in [0.3, 0.4) is 0 Å². The Balaban J connectivity index is 1.80. The Labute approximate surface area is 132 Å². The van der Waals surface area contributed by atoms with E-state index in [0.717, 1.165) is 37.2 Å². The molecule has 118 valence electrons. The molecule has 2 rings (SSSR count). The quantitative estimate of drug-likeness (QED) is 0.840. The summed E-state index contributed by atoms with van der Waals surface area (Å²) in [5.41, 5.74) is 0.564. The Morgan fingerprint density at radius 2 is 2.10 bits per heavy atom. The van der Waals surface area contributed by atoms with Gasteiger partial charge in [-0.25, -0.2) is 0 Å². The third-order valence-corrected chi connectivity index (χ3v) is 4.91. The van der Waals surface area contributed by atoms with E-state index in [2.05, 4.69) is 12.2 Å². The lowest BCUT2D eigenvalue weighted by Crippen LogP contribution is -2.43. The number of nitrogens with one attached hydrogen (secondary N) is 1. The predicted octanol–water partition coefficient (Wildman–Crippen LogP) is 3.77. The van der Waals surface area contributed by atoms with Crippen LogP contribution in [-0.2, 0) is 6.54 Å². The van der Waals surface area contributed by atoms with Crippen LogP contribution >= 0.6 is 11.6 Å². The molecule has 0 radical (unpaired) electrons. The van der Waals surface area contributed by atoms with Crippen LogP contribution in [0.5, 0.6) is 5.75 Å². The van der Waals surface area contributed by atoms with Gasteiger partial charge in [-0.2, -0.15) is 0 Å². The predicted molar refractivity (Wildman–Crippen MR) is 86.9 cm³/mol. The van der Waals surface area contributed by atoms with Crippen LogP contribution in [0.4, 0.5) is 0 Å². The smallest absolute Gasteiger partial charge is 0.137 e. The van der Waals surface area contributed by atoms with Crippen molar-refractivity contribution in [2.45, 2.75) is 51.2 Å². The molecule has 2 N–H and O–H groups in total. The molecule has 1 saturated carbocycles. The normalized spacial score (nSPS) is 25.8. The summed E-state index contributed by atoms with van der Waals surface area (Å²) in [6.07, 6.45) is 5.32. The lowest BCUT2D eigenvalue weighted by Gasteiger charge is -2.36. The summed E-state index contributed by atoms with van der Waals surface area (Å²) in [5, 5.41) is 14.6. The fraction of sp³-hybridized carbons (Fsp3) is 0.647. The monoisotopic (exact) mass is 311 g/mol. The van der Waals surface area contributed by atoms with E-state index < -0.39 is 5.60 Å². The second kappa shape index (κ2) is 7.48. The molecule has 0 atom stereocenters. The summed E-state index contributed by atoms with van der Waals surface area (Å²) in [5.74, 6) is 1.49. The number of methoxy groups -OCH3 is 1. The summed E-state index contributed by atoms with van der Waals surface area (Å²) < 4.78 is 5.14. The van der Waals surface area contributed by atoms with Crippen LogP contribution in [0.25, 0.3) is 0 Å². The fourth-order valence-electron chi connectivity index (χ4n) is 3.06. The molecule has 0 bridgehead atoms. The first kappa shape index (κ1) is 16.6. The average Bonchev–Trinajstić information content (AvgIpc) is 2.48. The zero-order valence-electron chi connectivity index (χ0n) is 13.0. The first-order chi connectivity index (χ1) is 10.1. The number of hydrogen-bond donors (Lipinski definition) is 2. The van der Waals surface area contributed by atoms with Crippen LogP contribution in [-0.4, -0.2) is 24.4 Å². The van der Waals surface area contributed by atoms with Crippen molar-refractivity contribution in [1.29, 1.82) is 0 Å². The van der Waals surface area contributed by atoms with Crippen molar-refractivity contribution in [2.24, 2.45) is 5.92 Å². The van der Waals surface area contributed by atoms with Crippen LogP contribution in [0.2, 0.25) is 5.02 Å². The van der Waals surface area contributed by atoms with Gasteiger partial charge in [0.15, 0.2) is 0 Å². The summed E-state index contributed by atoms with van der Waals surface area (Å²) in [7, 11) is 1.61. The minimum atomic E-state index is -0.540. The van der Waals surface area contributed by atoms with E-state index in [0.29, 0.717) is 23.9 Å². The van der Waals surface area contributed by atoms with Gasteiger partial charge in [0.1, 0.15) is 5.75 Å². The fourth-order valence-corrected chi connectivity index (χ4v) is 3.34. The van der Waals surface area contributed by atoms with Gasteiger partial charge in [-0.15, -0.1) is 0 Å². The zero-order chi connectivity index (χ0) is 15.3. The Kier molecular flexibility index (Phi) is 5.91. The molecule has 0 amide bonds. The van der Waals surface area contributed by atoms with Gasteiger partial charge in [-0.05, 0) is 49.3 Å². The summed E-state index contributed by atoms with van der Waals surface area (Å²) >= 11 is 6.11. The summed E-state index contributed by atoms with van der Waals surface area (Å²) in [4.78, 5) is 0. The van der Waals surface area contributed by atoms with Gasteiger partial charge in [0.2, 0.25) is 0 Å². The SMILES string of the molecule is CCC1CCC(O)(CNCc2ccc(OC)c(Cl)c2)CC1. The molecule has 0 spiro atoms. The maximum atomic E-state index is 10.6. The van der Waals surface area contributed by atoms with Crippen molar-refractivity contribution < 1.29 is 9.84 Å². The lowest BCUT2D eigenvalue weighted by molar-refractivity contribution is -0.00881. The Hall–Kier alpha value is -0.770.